The van der Waals surface area contributed by atoms with Crippen molar-refractivity contribution in [2.75, 3.05) is 13.7 Å². The molecule has 6 heteroatoms. The number of methoxy groups -OCH3 is 1. The van der Waals surface area contributed by atoms with E-state index in [9.17, 15) is 4.79 Å². The van der Waals surface area contributed by atoms with Crippen LogP contribution >= 0.6 is 11.6 Å². The summed E-state index contributed by atoms with van der Waals surface area (Å²) in [5.41, 5.74) is 4.24. The lowest BCUT2D eigenvalue weighted by molar-refractivity contribution is 0.0744. The number of carbonyl (C=O) groups excluding carboxylic acids is 1. The third-order valence-electron chi connectivity index (χ3n) is 4.88. The number of amides is 1. The van der Waals surface area contributed by atoms with Crippen molar-refractivity contribution in [3.05, 3.63) is 70.4 Å². The molecule has 2 heterocycles. The first-order valence-electron chi connectivity index (χ1n) is 8.93. The highest BCUT2D eigenvalue weighted by molar-refractivity contribution is 6.30. The fourth-order valence-electron chi connectivity index (χ4n) is 3.63. The van der Waals surface area contributed by atoms with Gasteiger partial charge in [0.1, 0.15) is 11.4 Å². The van der Waals surface area contributed by atoms with Crippen LogP contribution in [-0.4, -0.2) is 34.7 Å². The molecule has 1 aliphatic heterocycles. The van der Waals surface area contributed by atoms with Crippen molar-refractivity contribution in [1.29, 1.82) is 0 Å². The van der Waals surface area contributed by atoms with Crippen molar-refractivity contribution >= 4 is 17.5 Å². The van der Waals surface area contributed by atoms with Crippen molar-refractivity contribution in [1.82, 2.24) is 15.1 Å². The predicted molar refractivity (Wildman–Crippen MR) is 105 cm³/mol. The highest BCUT2D eigenvalue weighted by atomic mass is 35.5. The summed E-state index contributed by atoms with van der Waals surface area (Å²) < 4.78 is 5.24. The van der Waals surface area contributed by atoms with Crippen LogP contribution in [0.3, 0.4) is 0 Å². The zero-order valence-corrected chi connectivity index (χ0v) is 16.0. The first-order valence-corrected chi connectivity index (χ1v) is 9.31. The SMILES string of the molecule is CCCN1C(=O)c2[nH]nc(-c3ccc(OC)cc3)c2C1c1ccc(Cl)cc1. The van der Waals surface area contributed by atoms with Crippen molar-refractivity contribution in [2.45, 2.75) is 19.4 Å². The highest BCUT2D eigenvalue weighted by Crippen LogP contribution is 2.43. The van der Waals surface area contributed by atoms with Crippen LogP contribution in [-0.2, 0) is 0 Å². The lowest BCUT2D eigenvalue weighted by atomic mass is 9.96. The molecule has 0 fully saturated rings. The molecule has 138 valence electrons. The van der Waals surface area contributed by atoms with Gasteiger partial charge in [0.05, 0.1) is 18.8 Å². The van der Waals surface area contributed by atoms with Gasteiger partial charge in [-0.25, -0.2) is 0 Å². The Hall–Kier alpha value is -2.79. The molecule has 3 aromatic rings. The van der Waals surface area contributed by atoms with E-state index in [2.05, 4.69) is 17.1 Å². The van der Waals surface area contributed by atoms with E-state index in [0.29, 0.717) is 17.3 Å². The Morgan fingerprint density at radius 2 is 1.85 bits per heavy atom. The number of fused-ring (bicyclic) bond motifs is 1. The molecule has 0 spiro atoms. The Bertz CT molecular complexity index is 964. The van der Waals surface area contributed by atoms with E-state index < -0.39 is 0 Å². The Balaban J connectivity index is 1.85. The van der Waals surface area contributed by atoms with Gasteiger partial charge in [0.25, 0.3) is 5.91 Å². The number of aromatic nitrogens is 2. The van der Waals surface area contributed by atoms with Crippen LogP contribution in [0.15, 0.2) is 48.5 Å². The van der Waals surface area contributed by atoms with Crippen LogP contribution in [0.25, 0.3) is 11.3 Å². The summed E-state index contributed by atoms with van der Waals surface area (Å²) in [6, 6.07) is 15.2. The fourth-order valence-corrected chi connectivity index (χ4v) is 3.75. The van der Waals surface area contributed by atoms with Gasteiger partial charge in [-0.2, -0.15) is 5.10 Å². The molecule has 0 saturated carbocycles. The quantitative estimate of drug-likeness (QED) is 0.697. The molecule has 0 bridgehead atoms. The second kappa shape index (κ2) is 7.08. The highest BCUT2D eigenvalue weighted by Gasteiger charge is 2.41. The third kappa shape index (κ3) is 2.98. The molecular weight excluding hydrogens is 362 g/mol. The van der Waals surface area contributed by atoms with Crippen LogP contribution in [0.2, 0.25) is 5.02 Å². The standard InChI is InChI=1S/C21H20ClN3O2/c1-3-12-25-20(14-4-8-15(22)9-5-14)17-18(23-24-19(17)21(25)26)13-6-10-16(27-2)11-7-13/h4-11,20H,3,12H2,1-2H3,(H,23,24). The van der Waals surface area contributed by atoms with Crippen molar-refractivity contribution < 1.29 is 9.53 Å². The monoisotopic (exact) mass is 381 g/mol. The lowest BCUT2D eigenvalue weighted by Crippen LogP contribution is -2.30. The number of aromatic amines is 1. The minimum absolute atomic E-state index is 0.0148. The number of rotatable bonds is 5. The Kier molecular flexibility index (Phi) is 4.62. The molecule has 1 aliphatic rings. The topological polar surface area (TPSA) is 58.2 Å². The van der Waals surface area contributed by atoms with Gasteiger partial charge < -0.3 is 9.64 Å². The molecule has 0 radical (unpaired) electrons. The first kappa shape index (κ1) is 17.6. The average molecular weight is 382 g/mol. The van der Waals surface area contributed by atoms with Crippen LogP contribution in [0, 0.1) is 0 Å². The number of hydrogen-bond acceptors (Lipinski definition) is 3. The number of ether oxygens (including phenoxy) is 1. The maximum Gasteiger partial charge on any atom is 0.273 e. The Morgan fingerprint density at radius 3 is 2.48 bits per heavy atom. The molecule has 1 N–H and O–H groups in total. The second-order valence-corrected chi connectivity index (χ2v) is 6.98. The molecule has 1 atom stereocenters. The van der Waals surface area contributed by atoms with Crippen LogP contribution < -0.4 is 4.74 Å². The largest absolute Gasteiger partial charge is 0.497 e. The maximum absolute atomic E-state index is 13.0. The van der Waals surface area contributed by atoms with Crippen LogP contribution in [0.4, 0.5) is 0 Å². The molecule has 0 saturated heterocycles. The van der Waals surface area contributed by atoms with Gasteiger partial charge in [-0.05, 0) is 48.4 Å². The summed E-state index contributed by atoms with van der Waals surface area (Å²) in [6.45, 7) is 2.75. The molecule has 4 rings (SSSR count). The first-order chi connectivity index (χ1) is 13.1. The third-order valence-corrected chi connectivity index (χ3v) is 5.13. The average Bonchev–Trinajstić information content (AvgIpc) is 3.23. The summed E-state index contributed by atoms with van der Waals surface area (Å²) in [7, 11) is 1.64. The molecular formula is C21H20ClN3O2. The number of halogens is 1. The molecule has 5 nitrogen and oxygen atoms in total. The summed E-state index contributed by atoms with van der Waals surface area (Å²) >= 11 is 6.07. The van der Waals surface area contributed by atoms with Gasteiger partial charge in [-0.15, -0.1) is 0 Å². The van der Waals surface area contributed by atoms with E-state index in [1.54, 1.807) is 7.11 Å². The summed E-state index contributed by atoms with van der Waals surface area (Å²) in [4.78, 5) is 14.9. The molecule has 27 heavy (non-hydrogen) atoms. The Morgan fingerprint density at radius 1 is 1.15 bits per heavy atom. The van der Waals surface area contributed by atoms with E-state index >= 15 is 0 Å². The van der Waals surface area contributed by atoms with Crippen molar-refractivity contribution in [3.8, 4) is 17.0 Å². The predicted octanol–water partition coefficient (Wildman–Crippen LogP) is 4.69. The number of hydrogen-bond donors (Lipinski definition) is 1. The zero-order valence-electron chi connectivity index (χ0n) is 15.2. The van der Waals surface area contributed by atoms with E-state index in [4.69, 9.17) is 16.3 Å². The van der Waals surface area contributed by atoms with Gasteiger partial charge >= 0.3 is 0 Å². The summed E-state index contributed by atoms with van der Waals surface area (Å²) in [5.74, 6) is 0.767. The number of H-pyrrole nitrogens is 1. The molecule has 1 amide bonds. The molecule has 2 aromatic carbocycles. The van der Waals surface area contributed by atoms with Crippen molar-refractivity contribution in [2.24, 2.45) is 0 Å². The van der Waals surface area contributed by atoms with Gasteiger partial charge in [-0.1, -0.05) is 30.7 Å². The van der Waals surface area contributed by atoms with Gasteiger partial charge in [-0.3, -0.25) is 9.89 Å². The van der Waals surface area contributed by atoms with Gasteiger partial charge in [0.2, 0.25) is 0 Å². The van der Waals surface area contributed by atoms with Crippen LogP contribution in [0.1, 0.15) is 41.0 Å². The van der Waals surface area contributed by atoms with Crippen molar-refractivity contribution in [3.63, 3.8) is 0 Å². The maximum atomic E-state index is 13.0. The number of carbonyl (C=O) groups is 1. The molecule has 1 unspecified atom stereocenters. The zero-order chi connectivity index (χ0) is 19.0. The number of nitrogens with zero attached hydrogens (tertiary/aromatic N) is 2. The fraction of sp³-hybridized carbons (Fsp3) is 0.238. The number of benzene rings is 2. The molecule has 1 aromatic heterocycles. The minimum Gasteiger partial charge on any atom is -0.497 e. The van der Waals surface area contributed by atoms with E-state index in [0.717, 1.165) is 34.6 Å². The smallest absolute Gasteiger partial charge is 0.273 e. The lowest BCUT2D eigenvalue weighted by Gasteiger charge is -2.26. The second-order valence-electron chi connectivity index (χ2n) is 6.54. The summed E-state index contributed by atoms with van der Waals surface area (Å²) in [6.07, 6.45) is 0.880. The van der Waals surface area contributed by atoms with Gasteiger partial charge in [0.15, 0.2) is 0 Å². The van der Waals surface area contributed by atoms with E-state index in [1.165, 1.54) is 0 Å². The normalized spacial score (nSPS) is 15.9. The summed E-state index contributed by atoms with van der Waals surface area (Å²) in [5, 5.41) is 8.10. The molecule has 0 aliphatic carbocycles. The van der Waals surface area contributed by atoms with E-state index in [-0.39, 0.29) is 11.9 Å². The van der Waals surface area contributed by atoms with E-state index in [1.807, 2.05) is 53.4 Å². The van der Waals surface area contributed by atoms with Gasteiger partial charge in [0, 0.05) is 22.7 Å². The number of nitrogens with one attached hydrogen (secondary N) is 1. The van der Waals surface area contributed by atoms with Crippen LogP contribution in [0.5, 0.6) is 5.75 Å². The Labute approximate surface area is 162 Å². The minimum atomic E-state index is -0.180.